The summed E-state index contributed by atoms with van der Waals surface area (Å²) in [5.41, 5.74) is 1.04. The Bertz CT molecular complexity index is 397. The molecule has 3 heteroatoms. The van der Waals surface area contributed by atoms with E-state index in [2.05, 4.69) is 6.92 Å². The third kappa shape index (κ3) is 4.02. The maximum atomic E-state index is 12.2. The standard InChI is InChI=1S/C15H20ClNO/c1-2-9-17(11-13-3-4-13)15(18)10-12-5-7-14(16)8-6-12/h5-8,13H,2-4,9-11H2,1H3. The van der Waals surface area contributed by atoms with E-state index in [0.717, 1.165) is 36.0 Å². The average Bonchev–Trinajstić information content (AvgIpc) is 3.15. The van der Waals surface area contributed by atoms with E-state index >= 15 is 0 Å². The van der Waals surface area contributed by atoms with Crippen molar-refractivity contribution in [3.8, 4) is 0 Å². The van der Waals surface area contributed by atoms with Crippen LogP contribution >= 0.6 is 11.6 Å². The molecule has 0 atom stereocenters. The summed E-state index contributed by atoms with van der Waals surface area (Å²) >= 11 is 5.84. The fourth-order valence-corrected chi connectivity index (χ4v) is 2.21. The Morgan fingerprint density at radius 2 is 2.00 bits per heavy atom. The summed E-state index contributed by atoms with van der Waals surface area (Å²) in [5, 5.41) is 0.717. The van der Waals surface area contributed by atoms with Crippen LogP contribution in [0.2, 0.25) is 5.02 Å². The van der Waals surface area contributed by atoms with Gasteiger partial charge in [0, 0.05) is 18.1 Å². The summed E-state index contributed by atoms with van der Waals surface area (Å²) in [6.07, 6.45) is 4.09. The van der Waals surface area contributed by atoms with E-state index in [9.17, 15) is 4.79 Å². The van der Waals surface area contributed by atoms with E-state index in [1.807, 2.05) is 29.2 Å². The zero-order valence-electron chi connectivity index (χ0n) is 10.9. The topological polar surface area (TPSA) is 20.3 Å². The van der Waals surface area contributed by atoms with Crippen LogP contribution in [0.4, 0.5) is 0 Å². The lowest BCUT2D eigenvalue weighted by atomic mass is 10.1. The van der Waals surface area contributed by atoms with Crippen molar-refractivity contribution in [2.45, 2.75) is 32.6 Å². The molecule has 98 valence electrons. The van der Waals surface area contributed by atoms with Crippen molar-refractivity contribution in [1.29, 1.82) is 0 Å². The van der Waals surface area contributed by atoms with Gasteiger partial charge in [0.1, 0.15) is 0 Å². The zero-order valence-corrected chi connectivity index (χ0v) is 11.6. The molecule has 0 spiro atoms. The molecule has 0 radical (unpaired) electrons. The molecule has 1 aliphatic rings. The van der Waals surface area contributed by atoms with Gasteiger partial charge in [-0.15, -0.1) is 0 Å². The van der Waals surface area contributed by atoms with Crippen LogP contribution in [0.25, 0.3) is 0 Å². The van der Waals surface area contributed by atoms with Crippen LogP contribution in [-0.4, -0.2) is 23.9 Å². The molecule has 1 saturated carbocycles. The van der Waals surface area contributed by atoms with E-state index < -0.39 is 0 Å². The van der Waals surface area contributed by atoms with E-state index in [4.69, 9.17) is 11.6 Å². The maximum absolute atomic E-state index is 12.2. The highest BCUT2D eigenvalue weighted by atomic mass is 35.5. The highest BCUT2D eigenvalue weighted by Gasteiger charge is 2.26. The highest BCUT2D eigenvalue weighted by Crippen LogP contribution is 2.30. The molecule has 0 heterocycles. The summed E-state index contributed by atoms with van der Waals surface area (Å²) in [7, 11) is 0. The second kappa shape index (κ2) is 6.24. The molecule has 2 rings (SSSR count). The molecule has 1 aliphatic carbocycles. The number of hydrogen-bond donors (Lipinski definition) is 0. The van der Waals surface area contributed by atoms with E-state index in [0.29, 0.717) is 6.42 Å². The third-order valence-electron chi connectivity index (χ3n) is 3.29. The number of rotatable bonds is 6. The van der Waals surface area contributed by atoms with Crippen molar-refractivity contribution in [3.63, 3.8) is 0 Å². The Morgan fingerprint density at radius 1 is 1.33 bits per heavy atom. The highest BCUT2D eigenvalue weighted by molar-refractivity contribution is 6.30. The minimum atomic E-state index is 0.242. The Labute approximate surface area is 114 Å². The quantitative estimate of drug-likeness (QED) is 0.771. The van der Waals surface area contributed by atoms with Crippen LogP contribution in [-0.2, 0) is 11.2 Å². The second-order valence-electron chi connectivity index (χ2n) is 5.09. The van der Waals surface area contributed by atoms with Crippen molar-refractivity contribution >= 4 is 17.5 Å². The van der Waals surface area contributed by atoms with Crippen molar-refractivity contribution in [2.75, 3.05) is 13.1 Å². The van der Waals surface area contributed by atoms with Gasteiger partial charge in [-0.2, -0.15) is 0 Å². The summed E-state index contributed by atoms with van der Waals surface area (Å²) in [6, 6.07) is 7.55. The van der Waals surface area contributed by atoms with Crippen molar-refractivity contribution in [2.24, 2.45) is 5.92 Å². The summed E-state index contributed by atoms with van der Waals surface area (Å²) in [5.74, 6) is 0.997. The van der Waals surface area contributed by atoms with Crippen LogP contribution < -0.4 is 0 Å². The monoisotopic (exact) mass is 265 g/mol. The van der Waals surface area contributed by atoms with Crippen molar-refractivity contribution < 1.29 is 4.79 Å². The molecular formula is C15H20ClNO. The van der Waals surface area contributed by atoms with Crippen LogP contribution in [0.5, 0.6) is 0 Å². The lowest BCUT2D eigenvalue weighted by Gasteiger charge is -2.22. The predicted molar refractivity (Wildman–Crippen MR) is 74.8 cm³/mol. The number of nitrogens with zero attached hydrogens (tertiary/aromatic N) is 1. The van der Waals surface area contributed by atoms with Gasteiger partial charge in [0.25, 0.3) is 0 Å². The molecule has 0 bridgehead atoms. The molecule has 1 amide bonds. The molecule has 0 aliphatic heterocycles. The number of halogens is 1. The Kier molecular flexibility index (Phi) is 4.65. The molecule has 0 aromatic heterocycles. The van der Waals surface area contributed by atoms with E-state index in [1.165, 1.54) is 12.8 Å². The van der Waals surface area contributed by atoms with Gasteiger partial charge in [-0.25, -0.2) is 0 Å². The number of benzene rings is 1. The number of amides is 1. The Balaban J connectivity index is 1.92. The molecule has 0 N–H and O–H groups in total. The van der Waals surface area contributed by atoms with Gasteiger partial charge in [-0.1, -0.05) is 30.7 Å². The van der Waals surface area contributed by atoms with Gasteiger partial charge in [0.2, 0.25) is 5.91 Å². The van der Waals surface area contributed by atoms with Gasteiger partial charge in [-0.3, -0.25) is 4.79 Å². The Hall–Kier alpha value is -1.02. The summed E-state index contributed by atoms with van der Waals surface area (Å²) in [4.78, 5) is 14.3. The van der Waals surface area contributed by atoms with Gasteiger partial charge in [0.15, 0.2) is 0 Å². The minimum Gasteiger partial charge on any atom is -0.342 e. The first kappa shape index (κ1) is 13.4. The first-order valence-corrected chi connectivity index (χ1v) is 7.09. The van der Waals surface area contributed by atoms with Gasteiger partial charge in [0.05, 0.1) is 6.42 Å². The lowest BCUT2D eigenvalue weighted by Crippen LogP contribution is -2.34. The lowest BCUT2D eigenvalue weighted by molar-refractivity contribution is -0.130. The maximum Gasteiger partial charge on any atom is 0.226 e. The van der Waals surface area contributed by atoms with Gasteiger partial charge < -0.3 is 4.90 Å². The van der Waals surface area contributed by atoms with Crippen LogP contribution in [0.3, 0.4) is 0 Å². The molecule has 0 saturated heterocycles. The molecule has 1 aromatic rings. The van der Waals surface area contributed by atoms with Gasteiger partial charge in [-0.05, 0) is 42.9 Å². The minimum absolute atomic E-state index is 0.242. The molecule has 18 heavy (non-hydrogen) atoms. The fourth-order valence-electron chi connectivity index (χ4n) is 2.09. The first-order chi connectivity index (χ1) is 8.69. The van der Waals surface area contributed by atoms with E-state index in [-0.39, 0.29) is 5.91 Å². The van der Waals surface area contributed by atoms with Gasteiger partial charge >= 0.3 is 0 Å². The average molecular weight is 266 g/mol. The third-order valence-corrected chi connectivity index (χ3v) is 3.54. The molecule has 1 fully saturated rings. The van der Waals surface area contributed by atoms with Crippen LogP contribution in [0, 0.1) is 5.92 Å². The normalized spacial score (nSPS) is 14.6. The molecule has 0 unspecified atom stereocenters. The smallest absolute Gasteiger partial charge is 0.226 e. The fraction of sp³-hybridized carbons (Fsp3) is 0.533. The summed E-state index contributed by atoms with van der Waals surface area (Å²) in [6.45, 7) is 3.94. The SMILES string of the molecule is CCCN(CC1CC1)C(=O)Cc1ccc(Cl)cc1. The largest absolute Gasteiger partial charge is 0.342 e. The zero-order chi connectivity index (χ0) is 13.0. The number of carbonyl (C=O) groups is 1. The van der Waals surface area contributed by atoms with Crippen molar-refractivity contribution in [1.82, 2.24) is 4.90 Å². The molecule has 1 aromatic carbocycles. The van der Waals surface area contributed by atoms with E-state index in [1.54, 1.807) is 0 Å². The van der Waals surface area contributed by atoms with Crippen molar-refractivity contribution in [3.05, 3.63) is 34.9 Å². The number of carbonyl (C=O) groups excluding carboxylic acids is 1. The molecular weight excluding hydrogens is 246 g/mol. The predicted octanol–water partition coefficient (Wildman–Crippen LogP) is 3.53. The molecule has 2 nitrogen and oxygen atoms in total. The summed E-state index contributed by atoms with van der Waals surface area (Å²) < 4.78 is 0. The second-order valence-corrected chi connectivity index (χ2v) is 5.52. The Morgan fingerprint density at radius 3 is 2.56 bits per heavy atom. The first-order valence-electron chi connectivity index (χ1n) is 6.71. The van der Waals surface area contributed by atoms with Crippen LogP contribution in [0.1, 0.15) is 31.7 Å². The number of hydrogen-bond acceptors (Lipinski definition) is 1. The van der Waals surface area contributed by atoms with Crippen LogP contribution in [0.15, 0.2) is 24.3 Å².